The summed E-state index contributed by atoms with van der Waals surface area (Å²) in [4.78, 5) is 16.1. The topological polar surface area (TPSA) is 46.9 Å². The van der Waals surface area contributed by atoms with Crippen LogP contribution in [0.25, 0.3) is 5.69 Å². The number of halogens is 2. The van der Waals surface area contributed by atoms with Gasteiger partial charge in [-0.05, 0) is 31.0 Å². The Morgan fingerprint density at radius 1 is 1.52 bits per heavy atom. The molecule has 0 radical (unpaired) electrons. The molecule has 0 saturated heterocycles. The quantitative estimate of drug-likeness (QED) is 0.878. The van der Waals surface area contributed by atoms with Crippen LogP contribution in [-0.2, 0) is 4.79 Å². The van der Waals surface area contributed by atoms with Gasteiger partial charge in [-0.2, -0.15) is 0 Å². The highest BCUT2D eigenvalue weighted by atomic mass is 35.5. The lowest BCUT2D eigenvalue weighted by Gasteiger charge is -2.15. The van der Waals surface area contributed by atoms with Crippen molar-refractivity contribution in [2.24, 2.45) is 5.92 Å². The molecule has 1 aromatic heterocycles. The number of aromatic nitrogens is 2. The van der Waals surface area contributed by atoms with E-state index in [0.29, 0.717) is 6.42 Å². The van der Waals surface area contributed by atoms with Crippen LogP contribution in [0.4, 0.5) is 0 Å². The van der Waals surface area contributed by atoms with E-state index < -0.39 is 4.33 Å². The molecule has 1 aliphatic rings. The molecule has 0 bridgehead atoms. The van der Waals surface area contributed by atoms with E-state index >= 15 is 0 Å². The van der Waals surface area contributed by atoms with E-state index in [1.165, 1.54) is 0 Å². The van der Waals surface area contributed by atoms with Gasteiger partial charge in [0.2, 0.25) is 5.91 Å². The maximum absolute atomic E-state index is 12.0. The first kappa shape index (κ1) is 14.4. The zero-order valence-electron chi connectivity index (χ0n) is 11.5. The average molecular weight is 324 g/mol. The van der Waals surface area contributed by atoms with Crippen LogP contribution in [-0.4, -0.2) is 19.8 Å². The van der Waals surface area contributed by atoms with Crippen LogP contribution in [0.1, 0.15) is 24.9 Å². The number of carbonyl (C=O) groups is 1. The Bertz CT molecular complexity index is 655. The predicted octanol–water partition coefficient (Wildman–Crippen LogP) is 3.24. The monoisotopic (exact) mass is 323 g/mol. The summed E-state index contributed by atoms with van der Waals surface area (Å²) in [6.45, 7) is 1.94. The van der Waals surface area contributed by atoms with Crippen molar-refractivity contribution in [1.82, 2.24) is 14.9 Å². The van der Waals surface area contributed by atoms with Crippen molar-refractivity contribution in [2.45, 2.75) is 23.7 Å². The van der Waals surface area contributed by atoms with Crippen LogP contribution in [0.3, 0.4) is 0 Å². The zero-order valence-corrected chi connectivity index (χ0v) is 13.0. The summed E-state index contributed by atoms with van der Waals surface area (Å²) in [5.41, 5.74) is 2.02. The minimum absolute atomic E-state index is 0.0967. The summed E-state index contributed by atoms with van der Waals surface area (Å²) in [6.07, 6.45) is 5.86. The van der Waals surface area contributed by atoms with E-state index in [-0.39, 0.29) is 17.9 Å². The second-order valence-electron chi connectivity index (χ2n) is 5.31. The van der Waals surface area contributed by atoms with Gasteiger partial charge < -0.3 is 9.88 Å². The zero-order chi connectivity index (χ0) is 15.0. The third-order valence-corrected chi connectivity index (χ3v) is 4.51. The molecule has 110 valence electrons. The molecule has 0 aliphatic heterocycles. The number of imidazole rings is 1. The number of benzene rings is 1. The fraction of sp³-hybridized carbons (Fsp3) is 0.333. The molecule has 2 aromatic rings. The SMILES string of the molecule is C[C@@H](NC(=O)[C@@H]1CC1(Cl)Cl)c1cccc(-n2ccnc2)c1. The lowest BCUT2D eigenvalue weighted by Crippen LogP contribution is -2.29. The van der Waals surface area contributed by atoms with Gasteiger partial charge in [0.15, 0.2) is 0 Å². The highest BCUT2D eigenvalue weighted by Crippen LogP contribution is 2.53. The molecular formula is C15H15Cl2N3O. The van der Waals surface area contributed by atoms with Gasteiger partial charge in [0, 0.05) is 18.1 Å². The molecule has 1 amide bonds. The molecule has 4 nitrogen and oxygen atoms in total. The second kappa shape index (κ2) is 5.35. The Kier molecular flexibility index (Phi) is 3.68. The molecule has 1 aromatic carbocycles. The largest absolute Gasteiger partial charge is 0.349 e. The van der Waals surface area contributed by atoms with Crippen molar-refractivity contribution < 1.29 is 4.79 Å². The number of hydrogen-bond acceptors (Lipinski definition) is 2. The van der Waals surface area contributed by atoms with E-state index in [1.54, 1.807) is 12.5 Å². The fourth-order valence-corrected chi connectivity index (χ4v) is 2.77. The Labute approximate surface area is 133 Å². The Balaban J connectivity index is 1.72. The van der Waals surface area contributed by atoms with E-state index in [1.807, 2.05) is 42.0 Å². The molecule has 1 saturated carbocycles. The molecule has 1 heterocycles. The van der Waals surface area contributed by atoms with E-state index in [9.17, 15) is 4.79 Å². The number of nitrogens with zero attached hydrogens (tertiary/aromatic N) is 2. The number of amides is 1. The van der Waals surface area contributed by atoms with E-state index in [0.717, 1.165) is 11.3 Å². The normalized spacial score (nSPS) is 20.8. The van der Waals surface area contributed by atoms with Crippen molar-refractivity contribution in [3.63, 3.8) is 0 Å². The highest BCUT2D eigenvalue weighted by Gasteiger charge is 2.56. The summed E-state index contributed by atoms with van der Waals surface area (Å²) in [5, 5.41) is 2.95. The smallest absolute Gasteiger partial charge is 0.226 e. The first-order chi connectivity index (χ1) is 9.97. The average Bonchev–Trinajstić information content (AvgIpc) is 2.90. The minimum Gasteiger partial charge on any atom is -0.349 e. The van der Waals surface area contributed by atoms with Gasteiger partial charge in [0.1, 0.15) is 4.33 Å². The third-order valence-electron chi connectivity index (χ3n) is 3.67. The maximum Gasteiger partial charge on any atom is 0.226 e. The van der Waals surface area contributed by atoms with Crippen molar-refractivity contribution in [2.75, 3.05) is 0 Å². The number of carbonyl (C=O) groups excluding carboxylic acids is 1. The highest BCUT2D eigenvalue weighted by molar-refractivity contribution is 6.52. The summed E-state index contributed by atoms with van der Waals surface area (Å²) in [7, 11) is 0. The van der Waals surface area contributed by atoms with Crippen molar-refractivity contribution >= 4 is 29.1 Å². The van der Waals surface area contributed by atoms with E-state index in [2.05, 4.69) is 10.3 Å². The van der Waals surface area contributed by atoms with Gasteiger partial charge >= 0.3 is 0 Å². The lowest BCUT2D eigenvalue weighted by atomic mass is 10.1. The maximum atomic E-state index is 12.0. The van der Waals surface area contributed by atoms with Gasteiger partial charge in [-0.3, -0.25) is 4.79 Å². The van der Waals surface area contributed by atoms with Crippen LogP contribution in [0.2, 0.25) is 0 Å². The number of rotatable bonds is 4. The minimum atomic E-state index is -0.886. The van der Waals surface area contributed by atoms with Gasteiger partial charge in [-0.1, -0.05) is 12.1 Å². The third kappa shape index (κ3) is 3.06. The molecule has 0 spiro atoms. The molecule has 2 atom stereocenters. The summed E-state index contributed by atoms with van der Waals surface area (Å²) >= 11 is 11.8. The Morgan fingerprint density at radius 2 is 2.29 bits per heavy atom. The molecule has 3 rings (SSSR count). The van der Waals surface area contributed by atoms with Crippen LogP contribution in [0, 0.1) is 5.92 Å². The Hall–Kier alpha value is -1.52. The van der Waals surface area contributed by atoms with Crippen LogP contribution in [0.5, 0.6) is 0 Å². The first-order valence-electron chi connectivity index (χ1n) is 6.74. The number of hydrogen-bond donors (Lipinski definition) is 1. The van der Waals surface area contributed by atoms with Crippen molar-refractivity contribution in [3.05, 3.63) is 48.5 Å². The summed E-state index contributed by atoms with van der Waals surface area (Å²) < 4.78 is 1.03. The first-order valence-corrected chi connectivity index (χ1v) is 7.49. The predicted molar refractivity (Wildman–Crippen MR) is 82.7 cm³/mol. The van der Waals surface area contributed by atoms with Gasteiger partial charge in [-0.15, -0.1) is 23.2 Å². The van der Waals surface area contributed by atoms with Gasteiger partial charge in [-0.25, -0.2) is 4.98 Å². The molecule has 1 aliphatic carbocycles. The van der Waals surface area contributed by atoms with Crippen LogP contribution < -0.4 is 5.32 Å². The molecule has 21 heavy (non-hydrogen) atoms. The number of alkyl halides is 2. The van der Waals surface area contributed by atoms with Crippen molar-refractivity contribution in [3.8, 4) is 5.69 Å². The van der Waals surface area contributed by atoms with Crippen molar-refractivity contribution in [1.29, 1.82) is 0 Å². The second-order valence-corrected chi connectivity index (χ2v) is 6.86. The van der Waals surface area contributed by atoms with Crippen LogP contribution >= 0.6 is 23.2 Å². The molecule has 6 heteroatoms. The van der Waals surface area contributed by atoms with Crippen LogP contribution in [0.15, 0.2) is 43.0 Å². The standard InChI is InChI=1S/C15H15Cl2N3O/c1-10(19-14(21)13-8-15(13,16)17)11-3-2-4-12(7-11)20-6-5-18-9-20/h2-7,9-10,13H,8H2,1H3,(H,19,21)/t10-,13+/m1/s1. The summed E-state index contributed by atoms with van der Waals surface area (Å²) in [6, 6.07) is 7.84. The molecular weight excluding hydrogens is 309 g/mol. The van der Waals surface area contributed by atoms with Gasteiger partial charge in [0.25, 0.3) is 0 Å². The molecule has 0 unspecified atom stereocenters. The van der Waals surface area contributed by atoms with Gasteiger partial charge in [0.05, 0.1) is 18.3 Å². The molecule has 1 N–H and O–H groups in total. The fourth-order valence-electron chi connectivity index (χ4n) is 2.26. The summed E-state index contributed by atoms with van der Waals surface area (Å²) in [5.74, 6) is -0.402. The number of nitrogens with one attached hydrogen (secondary N) is 1. The Morgan fingerprint density at radius 3 is 2.90 bits per heavy atom. The molecule has 1 fully saturated rings. The van der Waals surface area contributed by atoms with E-state index in [4.69, 9.17) is 23.2 Å². The lowest BCUT2D eigenvalue weighted by molar-refractivity contribution is -0.123.